The van der Waals surface area contributed by atoms with E-state index in [0.717, 1.165) is 44.9 Å². The molecular weight excluding hydrogens is 636 g/mol. The lowest BCUT2D eigenvalue weighted by Crippen LogP contribution is -2.48. The fraction of sp³-hybridized carbons (Fsp3) is 0.412. The summed E-state index contributed by atoms with van der Waals surface area (Å²) in [6.07, 6.45) is 6.19. The number of aromatic hydroxyl groups is 1. The van der Waals surface area contributed by atoms with Gasteiger partial charge in [-0.2, -0.15) is 0 Å². The van der Waals surface area contributed by atoms with Gasteiger partial charge in [0.15, 0.2) is 11.5 Å². The van der Waals surface area contributed by atoms with E-state index in [0.29, 0.717) is 23.2 Å². The van der Waals surface area contributed by atoms with Crippen LogP contribution in [0.25, 0.3) is 11.0 Å². The lowest BCUT2D eigenvalue weighted by Gasteiger charge is -2.33. The van der Waals surface area contributed by atoms with E-state index in [-0.39, 0.29) is 47.3 Å². The molecule has 0 spiro atoms. The van der Waals surface area contributed by atoms with Gasteiger partial charge in [0.1, 0.15) is 18.1 Å². The van der Waals surface area contributed by atoms with Gasteiger partial charge in [0.2, 0.25) is 21.8 Å². The monoisotopic (exact) mass is 676 g/mol. The molecule has 1 saturated heterocycles. The molecule has 6 rings (SSSR count). The standard InChI is InChI=1S/C34H40N6O7S/c1-46-31-18-13-23(20-30(31)41)33(34(43)36-24-8-3-2-4-9-24)40(32(42)22-39-29-12-6-5-11-28(29)37-38-39)25-14-16-27(17-15-25)48(44,45)35-21-26-10-7-19-47-26/h5-6,11-18,20,24,26,33,35,41H,2-4,7-10,19,21-22H2,1H3,(H,36,43). The fourth-order valence-corrected chi connectivity index (χ4v) is 7.44. The van der Waals surface area contributed by atoms with Crippen LogP contribution in [0.2, 0.25) is 0 Å². The van der Waals surface area contributed by atoms with Crippen LogP contribution in [-0.2, 0) is 30.9 Å². The number of benzene rings is 3. The quantitative estimate of drug-likeness (QED) is 0.202. The number of anilines is 1. The van der Waals surface area contributed by atoms with Crippen molar-refractivity contribution in [3.05, 3.63) is 72.3 Å². The highest BCUT2D eigenvalue weighted by Gasteiger charge is 2.35. The third kappa shape index (κ3) is 7.45. The zero-order valence-electron chi connectivity index (χ0n) is 26.7. The summed E-state index contributed by atoms with van der Waals surface area (Å²) in [5.41, 5.74) is 1.86. The zero-order valence-corrected chi connectivity index (χ0v) is 27.6. The van der Waals surface area contributed by atoms with Gasteiger partial charge in [-0.05, 0) is 79.8 Å². The number of amides is 2. The first-order chi connectivity index (χ1) is 23.2. The Kier molecular flexibility index (Phi) is 10.2. The second kappa shape index (κ2) is 14.7. The number of aromatic nitrogens is 3. The predicted octanol–water partition coefficient (Wildman–Crippen LogP) is 3.83. The molecule has 1 aromatic heterocycles. The van der Waals surface area contributed by atoms with Crippen LogP contribution < -0.4 is 19.7 Å². The van der Waals surface area contributed by atoms with E-state index in [1.54, 1.807) is 18.2 Å². The SMILES string of the molecule is COc1ccc(C(C(=O)NC2CCCCC2)N(C(=O)Cn2nnc3ccccc32)c2ccc(S(=O)(=O)NCC3CCCO3)cc2)cc1O. The lowest BCUT2D eigenvalue weighted by molar-refractivity contribution is -0.127. The number of rotatable bonds is 12. The average Bonchev–Trinajstić information content (AvgIpc) is 3.77. The first-order valence-electron chi connectivity index (χ1n) is 16.2. The highest BCUT2D eigenvalue weighted by molar-refractivity contribution is 7.89. The van der Waals surface area contributed by atoms with Crippen molar-refractivity contribution in [3.63, 3.8) is 0 Å². The van der Waals surface area contributed by atoms with E-state index < -0.39 is 27.9 Å². The van der Waals surface area contributed by atoms with Crippen LogP contribution in [0.3, 0.4) is 0 Å². The minimum Gasteiger partial charge on any atom is -0.504 e. The Balaban J connectivity index is 1.38. The molecule has 1 aliphatic carbocycles. The van der Waals surface area contributed by atoms with Crippen LogP contribution in [0.1, 0.15) is 56.6 Å². The lowest BCUT2D eigenvalue weighted by atomic mass is 9.94. The van der Waals surface area contributed by atoms with Crippen molar-refractivity contribution in [2.24, 2.45) is 0 Å². The van der Waals surface area contributed by atoms with E-state index in [1.165, 1.54) is 53.1 Å². The summed E-state index contributed by atoms with van der Waals surface area (Å²) in [5, 5.41) is 22.2. The third-order valence-corrected chi connectivity index (χ3v) is 10.3. The average molecular weight is 677 g/mol. The second-order valence-electron chi connectivity index (χ2n) is 12.2. The van der Waals surface area contributed by atoms with Gasteiger partial charge in [-0.3, -0.25) is 14.5 Å². The number of carbonyl (C=O) groups excluding carboxylic acids is 2. The number of phenols is 1. The summed E-state index contributed by atoms with van der Waals surface area (Å²) in [6.45, 7) is 0.501. The minimum atomic E-state index is -3.88. The number of carbonyl (C=O) groups is 2. The van der Waals surface area contributed by atoms with Gasteiger partial charge in [0.05, 0.1) is 23.6 Å². The zero-order chi connectivity index (χ0) is 33.7. The molecule has 3 N–H and O–H groups in total. The Morgan fingerprint density at radius 3 is 2.52 bits per heavy atom. The van der Waals surface area contributed by atoms with Crippen LogP contribution >= 0.6 is 0 Å². The number of sulfonamides is 1. The maximum atomic E-state index is 14.4. The molecule has 0 bridgehead atoms. The maximum Gasteiger partial charge on any atom is 0.249 e. The molecule has 2 unspecified atom stereocenters. The molecule has 1 saturated carbocycles. The van der Waals surface area contributed by atoms with Crippen molar-refractivity contribution in [1.82, 2.24) is 25.0 Å². The Morgan fingerprint density at radius 1 is 1.04 bits per heavy atom. The van der Waals surface area contributed by atoms with Gasteiger partial charge in [-0.1, -0.05) is 42.7 Å². The summed E-state index contributed by atoms with van der Waals surface area (Å²) < 4.78 is 41.2. The van der Waals surface area contributed by atoms with Crippen molar-refractivity contribution in [1.29, 1.82) is 0 Å². The summed E-state index contributed by atoms with van der Waals surface area (Å²) >= 11 is 0. The first-order valence-corrected chi connectivity index (χ1v) is 17.7. The molecule has 2 atom stereocenters. The molecule has 48 heavy (non-hydrogen) atoms. The maximum absolute atomic E-state index is 14.4. The number of phenolic OH excluding ortho intramolecular Hbond substituents is 1. The van der Waals surface area contributed by atoms with Gasteiger partial charge in [-0.15, -0.1) is 5.10 Å². The molecular formula is C34H40N6O7S. The molecule has 2 heterocycles. The van der Waals surface area contributed by atoms with Crippen molar-refractivity contribution in [2.45, 2.75) is 74.6 Å². The normalized spacial score (nSPS) is 17.6. The molecule has 0 radical (unpaired) electrons. The molecule has 4 aromatic rings. The molecule has 1 aliphatic heterocycles. The van der Waals surface area contributed by atoms with Crippen LogP contribution in [0.5, 0.6) is 11.5 Å². The predicted molar refractivity (Wildman–Crippen MR) is 178 cm³/mol. The summed E-state index contributed by atoms with van der Waals surface area (Å²) in [5.74, 6) is -0.920. The Labute approximate surface area is 279 Å². The largest absolute Gasteiger partial charge is 0.504 e. The Bertz CT molecular complexity index is 1850. The first kappa shape index (κ1) is 33.4. The number of para-hydroxylation sites is 1. The van der Waals surface area contributed by atoms with E-state index >= 15 is 0 Å². The molecule has 13 nitrogen and oxygen atoms in total. The van der Waals surface area contributed by atoms with Crippen LogP contribution in [0.15, 0.2) is 71.6 Å². The number of hydrogen-bond acceptors (Lipinski definition) is 9. The van der Waals surface area contributed by atoms with Crippen LogP contribution in [0, 0.1) is 0 Å². The molecule has 14 heteroatoms. The molecule has 2 amide bonds. The van der Waals surface area contributed by atoms with Crippen molar-refractivity contribution < 1.29 is 32.6 Å². The van der Waals surface area contributed by atoms with Crippen molar-refractivity contribution >= 4 is 38.6 Å². The minimum absolute atomic E-state index is 0.00390. The topological polar surface area (TPSA) is 165 Å². The van der Waals surface area contributed by atoms with Crippen LogP contribution in [-0.4, -0.2) is 72.7 Å². The van der Waals surface area contributed by atoms with Crippen molar-refractivity contribution in [2.75, 3.05) is 25.2 Å². The second-order valence-corrected chi connectivity index (χ2v) is 13.9. The fourth-order valence-electron chi connectivity index (χ4n) is 6.37. The molecule has 254 valence electrons. The van der Waals surface area contributed by atoms with Crippen LogP contribution in [0.4, 0.5) is 5.69 Å². The van der Waals surface area contributed by atoms with Gasteiger partial charge in [-0.25, -0.2) is 17.8 Å². The third-order valence-electron chi connectivity index (χ3n) is 8.90. The Morgan fingerprint density at radius 2 is 1.81 bits per heavy atom. The number of methoxy groups -OCH3 is 1. The van der Waals surface area contributed by atoms with Gasteiger partial charge in [0.25, 0.3) is 0 Å². The smallest absolute Gasteiger partial charge is 0.249 e. The number of nitrogens with one attached hydrogen (secondary N) is 2. The van der Waals surface area contributed by atoms with Gasteiger partial charge in [0, 0.05) is 24.9 Å². The highest BCUT2D eigenvalue weighted by atomic mass is 32.2. The molecule has 3 aromatic carbocycles. The Hall–Kier alpha value is -4.53. The van der Waals surface area contributed by atoms with E-state index in [1.807, 2.05) is 12.1 Å². The van der Waals surface area contributed by atoms with E-state index in [4.69, 9.17) is 9.47 Å². The highest BCUT2D eigenvalue weighted by Crippen LogP contribution is 2.35. The van der Waals surface area contributed by atoms with Gasteiger partial charge >= 0.3 is 0 Å². The number of ether oxygens (including phenoxy) is 2. The summed E-state index contributed by atoms with van der Waals surface area (Å²) in [6, 6.07) is 16.3. The molecule has 2 aliphatic rings. The molecule has 2 fully saturated rings. The number of hydrogen-bond donors (Lipinski definition) is 3. The number of nitrogens with zero attached hydrogens (tertiary/aromatic N) is 4. The summed E-state index contributed by atoms with van der Waals surface area (Å²) in [7, 11) is -2.46. The number of fused-ring (bicyclic) bond motifs is 1. The van der Waals surface area contributed by atoms with Gasteiger partial charge < -0.3 is 19.9 Å². The summed E-state index contributed by atoms with van der Waals surface area (Å²) in [4.78, 5) is 30.0. The van der Waals surface area contributed by atoms with Crippen molar-refractivity contribution in [3.8, 4) is 11.5 Å². The van der Waals surface area contributed by atoms with E-state index in [9.17, 15) is 23.1 Å². The van der Waals surface area contributed by atoms with E-state index in [2.05, 4.69) is 20.4 Å².